The van der Waals surface area contributed by atoms with E-state index in [4.69, 9.17) is 4.74 Å². The third-order valence-electron chi connectivity index (χ3n) is 2.52. The van der Waals surface area contributed by atoms with E-state index in [1.165, 1.54) is 18.9 Å². The summed E-state index contributed by atoms with van der Waals surface area (Å²) in [7, 11) is 1.43. The van der Waals surface area contributed by atoms with Gasteiger partial charge >= 0.3 is 12.1 Å². The predicted octanol–water partition coefficient (Wildman–Crippen LogP) is 2.27. The first-order chi connectivity index (χ1) is 9.12. The van der Waals surface area contributed by atoms with Crippen molar-refractivity contribution in [2.75, 3.05) is 11.9 Å². The van der Waals surface area contributed by atoms with Crippen molar-refractivity contribution in [2.45, 2.75) is 39.1 Å². The lowest BCUT2D eigenvalue weighted by Gasteiger charge is -2.24. The highest BCUT2D eigenvalue weighted by atomic mass is 19.4. The Hall–Kier alpha value is -1.86. The maximum atomic E-state index is 12.6. The highest BCUT2D eigenvalue weighted by molar-refractivity contribution is 5.78. The van der Waals surface area contributed by atoms with E-state index in [-0.39, 0.29) is 12.1 Å². The number of halogens is 3. The molecule has 0 aliphatic carbocycles. The minimum absolute atomic E-state index is 0.187. The summed E-state index contributed by atoms with van der Waals surface area (Å²) in [4.78, 5) is 20.1. The fraction of sp³-hybridized carbons (Fsp3) is 0.583. The molecule has 20 heavy (non-hydrogen) atoms. The zero-order chi connectivity index (χ0) is 15.5. The van der Waals surface area contributed by atoms with Gasteiger partial charge in [-0.25, -0.2) is 14.8 Å². The van der Waals surface area contributed by atoms with E-state index in [0.717, 1.165) is 12.3 Å². The van der Waals surface area contributed by atoms with Gasteiger partial charge in [-0.2, -0.15) is 13.2 Å². The van der Waals surface area contributed by atoms with E-state index in [1.807, 2.05) is 0 Å². The Morgan fingerprint density at radius 2 is 1.95 bits per heavy atom. The van der Waals surface area contributed by atoms with Crippen LogP contribution in [0.25, 0.3) is 0 Å². The number of alkyl halides is 3. The number of carbonyl (C=O) groups is 1. The molecule has 0 bridgehead atoms. The van der Waals surface area contributed by atoms with Crippen molar-refractivity contribution in [1.82, 2.24) is 9.97 Å². The molecule has 0 aliphatic heterocycles. The first kappa shape index (κ1) is 16.2. The van der Waals surface area contributed by atoms with Gasteiger partial charge in [-0.15, -0.1) is 0 Å². The lowest BCUT2D eigenvalue weighted by Crippen LogP contribution is -2.39. The number of hydrogen-bond donors (Lipinski definition) is 0. The molecule has 0 saturated heterocycles. The average Bonchev–Trinajstić information content (AvgIpc) is 2.35. The van der Waals surface area contributed by atoms with Crippen LogP contribution in [0, 0.1) is 0 Å². The van der Waals surface area contributed by atoms with Gasteiger partial charge in [0.2, 0.25) is 5.95 Å². The second-order valence-electron chi connectivity index (χ2n) is 4.51. The van der Waals surface area contributed by atoms with E-state index in [2.05, 4.69) is 9.97 Å². The first-order valence-corrected chi connectivity index (χ1v) is 5.96. The Bertz CT molecular complexity index is 477. The molecule has 112 valence electrons. The molecule has 0 N–H and O–H groups in total. The number of anilines is 1. The van der Waals surface area contributed by atoms with Crippen LogP contribution in [0.4, 0.5) is 19.1 Å². The summed E-state index contributed by atoms with van der Waals surface area (Å²) >= 11 is 0. The summed E-state index contributed by atoms with van der Waals surface area (Å²) in [6, 6.07) is -0.0186. The van der Waals surface area contributed by atoms with Crippen molar-refractivity contribution in [1.29, 1.82) is 0 Å². The zero-order valence-corrected chi connectivity index (χ0v) is 11.6. The molecule has 0 aromatic carbocycles. The standard InChI is InChI=1S/C12H16F3N3O2/c1-7(2)20-10(19)8(3)18(4)11-16-6-5-9(17-11)12(13,14)15/h5-8H,1-4H3. The van der Waals surface area contributed by atoms with Crippen LogP contribution >= 0.6 is 0 Å². The van der Waals surface area contributed by atoms with Gasteiger partial charge in [0.25, 0.3) is 0 Å². The molecule has 1 aromatic rings. The maximum Gasteiger partial charge on any atom is 0.433 e. The Morgan fingerprint density at radius 1 is 1.35 bits per heavy atom. The molecule has 0 spiro atoms. The summed E-state index contributed by atoms with van der Waals surface area (Å²) < 4.78 is 42.7. The van der Waals surface area contributed by atoms with Gasteiger partial charge < -0.3 is 9.64 Å². The largest absolute Gasteiger partial charge is 0.461 e. The van der Waals surface area contributed by atoms with Crippen LogP contribution in [-0.4, -0.2) is 35.1 Å². The molecular formula is C12H16F3N3O2. The van der Waals surface area contributed by atoms with Crippen LogP contribution in [0.2, 0.25) is 0 Å². The Labute approximate surface area is 114 Å². The molecule has 8 heteroatoms. The smallest absolute Gasteiger partial charge is 0.433 e. The number of aromatic nitrogens is 2. The van der Waals surface area contributed by atoms with Crippen molar-refractivity contribution in [3.8, 4) is 0 Å². The SMILES string of the molecule is CC(C)OC(=O)C(C)N(C)c1nccc(C(F)(F)F)n1. The van der Waals surface area contributed by atoms with E-state index in [0.29, 0.717) is 0 Å². The van der Waals surface area contributed by atoms with Gasteiger partial charge in [0, 0.05) is 13.2 Å². The minimum Gasteiger partial charge on any atom is -0.461 e. The van der Waals surface area contributed by atoms with Crippen LogP contribution in [0.5, 0.6) is 0 Å². The second-order valence-corrected chi connectivity index (χ2v) is 4.51. The van der Waals surface area contributed by atoms with Crippen molar-refractivity contribution in [3.05, 3.63) is 18.0 Å². The van der Waals surface area contributed by atoms with E-state index < -0.39 is 23.9 Å². The molecule has 1 heterocycles. The van der Waals surface area contributed by atoms with Gasteiger partial charge in [-0.1, -0.05) is 0 Å². The number of ether oxygens (including phenoxy) is 1. The summed E-state index contributed by atoms with van der Waals surface area (Å²) in [5.74, 6) is -0.739. The molecule has 1 aromatic heterocycles. The van der Waals surface area contributed by atoms with E-state index in [1.54, 1.807) is 13.8 Å². The zero-order valence-electron chi connectivity index (χ0n) is 11.6. The van der Waals surface area contributed by atoms with Crippen LogP contribution in [-0.2, 0) is 15.7 Å². The number of hydrogen-bond acceptors (Lipinski definition) is 5. The van der Waals surface area contributed by atoms with Gasteiger partial charge in [0.15, 0.2) is 0 Å². The summed E-state index contributed by atoms with van der Waals surface area (Å²) in [6.07, 6.45) is -3.86. The van der Waals surface area contributed by atoms with Crippen LogP contribution < -0.4 is 4.90 Å². The Balaban J connectivity index is 2.92. The van der Waals surface area contributed by atoms with Crippen molar-refractivity contribution in [2.24, 2.45) is 0 Å². The lowest BCUT2D eigenvalue weighted by atomic mass is 10.3. The summed E-state index contributed by atoms with van der Waals surface area (Å²) in [5.41, 5.74) is -1.06. The molecule has 0 fully saturated rings. The molecule has 1 atom stereocenters. The van der Waals surface area contributed by atoms with Crippen LogP contribution in [0.15, 0.2) is 12.3 Å². The molecule has 1 unspecified atom stereocenters. The molecule has 5 nitrogen and oxygen atoms in total. The summed E-state index contributed by atoms with van der Waals surface area (Å²) in [6.45, 7) is 4.88. The van der Waals surface area contributed by atoms with Crippen molar-refractivity contribution >= 4 is 11.9 Å². The van der Waals surface area contributed by atoms with Crippen molar-refractivity contribution in [3.63, 3.8) is 0 Å². The van der Waals surface area contributed by atoms with Crippen molar-refractivity contribution < 1.29 is 22.7 Å². The quantitative estimate of drug-likeness (QED) is 0.797. The highest BCUT2D eigenvalue weighted by Crippen LogP contribution is 2.28. The van der Waals surface area contributed by atoms with E-state index in [9.17, 15) is 18.0 Å². The first-order valence-electron chi connectivity index (χ1n) is 5.96. The number of rotatable bonds is 4. The average molecular weight is 291 g/mol. The number of likely N-dealkylation sites (N-methyl/N-ethyl adjacent to an activating group) is 1. The van der Waals surface area contributed by atoms with Crippen LogP contribution in [0.3, 0.4) is 0 Å². The van der Waals surface area contributed by atoms with Gasteiger partial charge in [0.05, 0.1) is 6.10 Å². The fourth-order valence-corrected chi connectivity index (χ4v) is 1.34. The third kappa shape index (κ3) is 4.07. The lowest BCUT2D eigenvalue weighted by molar-refractivity contribution is -0.148. The van der Waals surface area contributed by atoms with E-state index >= 15 is 0 Å². The minimum atomic E-state index is -4.56. The molecule has 1 rings (SSSR count). The fourth-order valence-electron chi connectivity index (χ4n) is 1.34. The number of esters is 1. The van der Waals surface area contributed by atoms with Gasteiger partial charge in [-0.05, 0) is 26.8 Å². The molecule has 0 saturated carbocycles. The predicted molar refractivity (Wildman–Crippen MR) is 66.1 cm³/mol. The molecule has 0 aliphatic rings. The maximum absolute atomic E-state index is 12.6. The second kappa shape index (κ2) is 6.06. The normalized spacial score (nSPS) is 13.2. The number of carbonyl (C=O) groups excluding carboxylic acids is 1. The molecule has 0 amide bonds. The highest BCUT2D eigenvalue weighted by Gasteiger charge is 2.33. The molecular weight excluding hydrogens is 275 g/mol. The van der Waals surface area contributed by atoms with Gasteiger partial charge in [-0.3, -0.25) is 0 Å². The number of nitrogens with zero attached hydrogens (tertiary/aromatic N) is 3. The third-order valence-corrected chi connectivity index (χ3v) is 2.52. The monoisotopic (exact) mass is 291 g/mol. The van der Waals surface area contributed by atoms with Crippen LogP contribution in [0.1, 0.15) is 26.5 Å². The van der Waals surface area contributed by atoms with Gasteiger partial charge in [0.1, 0.15) is 11.7 Å². The Morgan fingerprint density at radius 3 is 2.45 bits per heavy atom. The Kier molecular flexibility index (Phi) is 4.91. The summed E-state index contributed by atoms with van der Waals surface area (Å²) in [5, 5.41) is 0. The molecule has 0 radical (unpaired) electrons. The topological polar surface area (TPSA) is 55.3 Å².